The molecule has 1 aliphatic heterocycles. The van der Waals surface area contributed by atoms with Crippen LogP contribution in [0.2, 0.25) is 0 Å². The number of hydrogen-bond acceptors (Lipinski definition) is 5. The summed E-state index contributed by atoms with van der Waals surface area (Å²) in [5.41, 5.74) is 1.11. The van der Waals surface area contributed by atoms with E-state index in [9.17, 15) is 14.9 Å². The summed E-state index contributed by atoms with van der Waals surface area (Å²) in [6.07, 6.45) is 5.28. The number of pyridine rings is 1. The predicted octanol–water partition coefficient (Wildman–Crippen LogP) is 2.81. The molecule has 2 aromatic rings. The predicted molar refractivity (Wildman–Crippen MR) is 91.0 cm³/mol. The van der Waals surface area contributed by atoms with Crippen molar-refractivity contribution in [1.82, 2.24) is 9.88 Å². The molecule has 0 N–H and O–H groups in total. The van der Waals surface area contributed by atoms with E-state index >= 15 is 0 Å². The van der Waals surface area contributed by atoms with Gasteiger partial charge in [0.05, 0.1) is 11.0 Å². The van der Waals surface area contributed by atoms with Gasteiger partial charge in [0.2, 0.25) is 0 Å². The Morgan fingerprint density at radius 1 is 1.36 bits per heavy atom. The number of non-ortho nitro benzene ring substituents is 1. The van der Waals surface area contributed by atoms with Crippen molar-refractivity contribution in [2.24, 2.45) is 0 Å². The zero-order valence-corrected chi connectivity index (χ0v) is 13.7. The zero-order valence-electron chi connectivity index (χ0n) is 13.7. The summed E-state index contributed by atoms with van der Waals surface area (Å²) in [6.45, 7) is 1.54. The topological polar surface area (TPSA) is 85.6 Å². The number of ether oxygens (including phenoxy) is 1. The normalized spacial score (nSPS) is 16.6. The second kappa shape index (κ2) is 7.85. The minimum atomic E-state index is -0.498. The Labute approximate surface area is 145 Å². The molecule has 1 fully saturated rings. The van der Waals surface area contributed by atoms with Gasteiger partial charge in [0, 0.05) is 49.8 Å². The fraction of sp³-hybridized carbons (Fsp3) is 0.333. The third-order valence-electron chi connectivity index (χ3n) is 4.14. The van der Waals surface area contributed by atoms with Crippen molar-refractivity contribution in [3.8, 4) is 0 Å². The van der Waals surface area contributed by atoms with Crippen molar-refractivity contribution < 1.29 is 14.5 Å². The number of aromatic nitrogens is 1. The summed E-state index contributed by atoms with van der Waals surface area (Å²) in [5, 5.41) is 11.0. The molecule has 1 aliphatic rings. The minimum Gasteiger partial charge on any atom is -0.376 e. The van der Waals surface area contributed by atoms with Crippen LogP contribution in [-0.2, 0) is 11.3 Å². The molecule has 1 atom stereocenters. The molecule has 0 aliphatic carbocycles. The van der Waals surface area contributed by atoms with E-state index < -0.39 is 4.92 Å². The van der Waals surface area contributed by atoms with Gasteiger partial charge in [0.25, 0.3) is 11.6 Å². The summed E-state index contributed by atoms with van der Waals surface area (Å²) in [7, 11) is 0. The van der Waals surface area contributed by atoms with Crippen molar-refractivity contribution >= 4 is 11.6 Å². The van der Waals surface area contributed by atoms with Crippen LogP contribution in [0.4, 0.5) is 5.69 Å². The minimum absolute atomic E-state index is 0.000630. The number of benzene rings is 1. The monoisotopic (exact) mass is 341 g/mol. The van der Waals surface area contributed by atoms with Crippen molar-refractivity contribution in [2.45, 2.75) is 25.5 Å². The maximum absolute atomic E-state index is 12.9. The highest BCUT2D eigenvalue weighted by Gasteiger charge is 2.24. The van der Waals surface area contributed by atoms with Crippen molar-refractivity contribution in [3.63, 3.8) is 0 Å². The molecule has 0 spiro atoms. The molecule has 1 aromatic carbocycles. The molecule has 7 nitrogen and oxygen atoms in total. The largest absolute Gasteiger partial charge is 0.376 e. The van der Waals surface area contributed by atoms with E-state index in [0.717, 1.165) is 18.4 Å². The average Bonchev–Trinajstić information content (AvgIpc) is 3.14. The Morgan fingerprint density at radius 2 is 2.24 bits per heavy atom. The van der Waals surface area contributed by atoms with E-state index in [2.05, 4.69) is 4.98 Å². The van der Waals surface area contributed by atoms with Crippen LogP contribution in [-0.4, -0.2) is 40.0 Å². The van der Waals surface area contributed by atoms with Crippen LogP contribution in [0.1, 0.15) is 28.8 Å². The quantitative estimate of drug-likeness (QED) is 0.596. The zero-order chi connectivity index (χ0) is 17.6. The van der Waals surface area contributed by atoms with Crippen LogP contribution < -0.4 is 0 Å². The van der Waals surface area contributed by atoms with Gasteiger partial charge in [-0.25, -0.2) is 0 Å². The van der Waals surface area contributed by atoms with E-state index in [1.165, 1.54) is 18.2 Å². The maximum atomic E-state index is 12.9. The van der Waals surface area contributed by atoms with E-state index in [1.807, 2.05) is 12.1 Å². The molecule has 7 heteroatoms. The lowest BCUT2D eigenvalue weighted by Crippen LogP contribution is -2.37. The van der Waals surface area contributed by atoms with Crippen LogP contribution in [0.3, 0.4) is 0 Å². The van der Waals surface area contributed by atoms with Crippen LogP contribution in [0.5, 0.6) is 0 Å². The first-order valence-corrected chi connectivity index (χ1v) is 8.18. The second-order valence-corrected chi connectivity index (χ2v) is 5.99. The second-order valence-electron chi connectivity index (χ2n) is 5.99. The highest BCUT2D eigenvalue weighted by Crippen LogP contribution is 2.19. The third-order valence-corrected chi connectivity index (χ3v) is 4.14. The summed E-state index contributed by atoms with van der Waals surface area (Å²) < 4.78 is 5.65. The Balaban J connectivity index is 1.82. The summed E-state index contributed by atoms with van der Waals surface area (Å²) >= 11 is 0. The molecule has 3 rings (SSSR count). The van der Waals surface area contributed by atoms with Crippen LogP contribution >= 0.6 is 0 Å². The average molecular weight is 341 g/mol. The molecule has 2 heterocycles. The standard InChI is InChI=1S/C18H19N3O4/c22-18(15-5-1-6-16(10-15)21(23)24)20(13-17-7-3-9-25-17)12-14-4-2-8-19-11-14/h1-2,4-6,8,10-11,17H,3,7,9,12-13H2. The number of nitrogens with zero attached hydrogens (tertiary/aromatic N) is 3. The molecular weight excluding hydrogens is 322 g/mol. The molecule has 1 amide bonds. The van der Waals surface area contributed by atoms with Crippen molar-refractivity contribution in [2.75, 3.05) is 13.2 Å². The first-order chi connectivity index (χ1) is 12.1. The molecule has 0 bridgehead atoms. The van der Waals surface area contributed by atoms with Crippen LogP contribution in [0.15, 0.2) is 48.8 Å². The molecule has 0 saturated carbocycles. The fourth-order valence-electron chi connectivity index (χ4n) is 2.90. The Bertz CT molecular complexity index is 745. The number of rotatable bonds is 6. The van der Waals surface area contributed by atoms with Crippen molar-refractivity contribution in [3.05, 3.63) is 70.0 Å². The highest BCUT2D eigenvalue weighted by molar-refractivity contribution is 5.94. The van der Waals surface area contributed by atoms with E-state index in [1.54, 1.807) is 23.4 Å². The number of carbonyl (C=O) groups excluding carboxylic acids is 1. The maximum Gasteiger partial charge on any atom is 0.270 e. The van der Waals surface area contributed by atoms with Gasteiger partial charge >= 0.3 is 0 Å². The lowest BCUT2D eigenvalue weighted by Gasteiger charge is -2.25. The molecule has 130 valence electrons. The first kappa shape index (κ1) is 17.0. The molecule has 1 aromatic heterocycles. The highest BCUT2D eigenvalue weighted by atomic mass is 16.6. The number of amides is 1. The van der Waals surface area contributed by atoms with E-state index in [0.29, 0.717) is 25.3 Å². The SMILES string of the molecule is O=C(c1cccc([N+](=O)[O-])c1)N(Cc1cccnc1)CC1CCCO1. The summed E-state index contributed by atoms with van der Waals surface area (Å²) in [4.78, 5) is 29.2. The van der Waals surface area contributed by atoms with Gasteiger partial charge < -0.3 is 9.64 Å². The summed E-state index contributed by atoms with van der Waals surface area (Å²) in [5.74, 6) is -0.247. The third kappa shape index (κ3) is 4.39. The Hall–Kier alpha value is -2.80. The fourth-order valence-corrected chi connectivity index (χ4v) is 2.90. The Morgan fingerprint density at radius 3 is 2.92 bits per heavy atom. The Kier molecular flexibility index (Phi) is 5.35. The van der Waals surface area contributed by atoms with Crippen LogP contribution in [0.25, 0.3) is 0 Å². The molecular formula is C18H19N3O4. The first-order valence-electron chi connectivity index (χ1n) is 8.18. The lowest BCUT2D eigenvalue weighted by molar-refractivity contribution is -0.384. The van der Waals surface area contributed by atoms with Gasteiger partial charge in [0.15, 0.2) is 0 Å². The van der Waals surface area contributed by atoms with Gasteiger partial charge in [-0.15, -0.1) is 0 Å². The van der Waals surface area contributed by atoms with E-state index in [-0.39, 0.29) is 17.7 Å². The number of carbonyl (C=O) groups is 1. The number of hydrogen-bond donors (Lipinski definition) is 0. The summed E-state index contributed by atoms with van der Waals surface area (Å²) in [6, 6.07) is 9.53. The molecule has 25 heavy (non-hydrogen) atoms. The lowest BCUT2D eigenvalue weighted by atomic mass is 10.1. The molecule has 1 saturated heterocycles. The van der Waals surface area contributed by atoms with Crippen LogP contribution in [0, 0.1) is 10.1 Å². The smallest absolute Gasteiger partial charge is 0.270 e. The number of nitro groups is 1. The number of nitro benzene ring substituents is 1. The van der Waals surface area contributed by atoms with E-state index in [4.69, 9.17) is 4.74 Å². The van der Waals surface area contributed by atoms with Gasteiger partial charge in [-0.1, -0.05) is 12.1 Å². The van der Waals surface area contributed by atoms with Crippen molar-refractivity contribution in [1.29, 1.82) is 0 Å². The molecule has 0 radical (unpaired) electrons. The van der Waals surface area contributed by atoms with Gasteiger partial charge in [-0.2, -0.15) is 0 Å². The van der Waals surface area contributed by atoms with Gasteiger partial charge in [0.1, 0.15) is 0 Å². The van der Waals surface area contributed by atoms with Gasteiger partial charge in [-0.05, 0) is 30.5 Å². The van der Waals surface area contributed by atoms with Gasteiger partial charge in [-0.3, -0.25) is 19.9 Å². The molecule has 1 unspecified atom stereocenters.